The fourth-order valence-corrected chi connectivity index (χ4v) is 11.5. The molecule has 1 atom stereocenters. The van der Waals surface area contributed by atoms with Crippen molar-refractivity contribution in [1.82, 2.24) is 0 Å². The molecule has 6 nitrogen and oxygen atoms in total. The second kappa shape index (κ2) is 69.6. The zero-order valence-electron chi connectivity index (χ0n) is 54.6. The molecular weight excluding hydrogens is 985 g/mol. The van der Waals surface area contributed by atoms with Crippen molar-refractivity contribution in [2.24, 2.45) is 0 Å². The summed E-state index contributed by atoms with van der Waals surface area (Å²) in [5.74, 6) is -0.825. The highest BCUT2D eigenvalue weighted by Gasteiger charge is 2.20. The normalized spacial score (nSPS) is 12.0. The summed E-state index contributed by atoms with van der Waals surface area (Å²) in [5.41, 5.74) is 0. The Kier molecular flexibility index (Phi) is 68.0. The number of rotatable bonds is 69. The monoisotopic (exact) mass is 1130 g/mol. The first-order valence-corrected chi connectivity index (χ1v) is 36.7. The van der Waals surface area contributed by atoms with E-state index in [9.17, 15) is 14.4 Å². The minimum absolute atomic E-state index is 0.0631. The maximum absolute atomic E-state index is 13.0. The Morgan fingerprint density at radius 3 is 0.625 bits per heavy atom. The Balaban J connectivity index is 4.27. The Morgan fingerprint density at radius 1 is 0.237 bits per heavy atom. The van der Waals surface area contributed by atoms with Crippen LogP contribution in [0.25, 0.3) is 0 Å². The SMILES string of the molecule is CCCCCCCC/C=C\CCCCCCCCCCCC(=O)OCC(COC(=O)CCCCCCCCCCCCCCCCCCCCCCCCC)OC(=O)CCCCCCCCCCCCCCCCCCCCCC. The summed E-state index contributed by atoms with van der Waals surface area (Å²) >= 11 is 0. The van der Waals surface area contributed by atoms with Gasteiger partial charge in [-0.15, -0.1) is 0 Å². The highest BCUT2D eigenvalue weighted by atomic mass is 16.6. The largest absolute Gasteiger partial charge is 0.462 e. The summed E-state index contributed by atoms with van der Waals surface area (Å²) in [7, 11) is 0. The second-order valence-electron chi connectivity index (χ2n) is 25.2. The lowest BCUT2D eigenvalue weighted by atomic mass is 10.0. The average molecular weight is 1130 g/mol. The van der Waals surface area contributed by atoms with Gasteiger partial charge in [0.05, 0.1) is 0 Å². The number of hydrogen-bond donors (Lipinski definition) is 0. The van der Waals surface area contributed by atoms with Crippen molar-refractivity contribution in [3.8, 4) is 0 Å². The van der Waals surface area contributed by atoms with Crippen LogP contribution in [-0.2, 0) is 28.6 Å². The molecule has 0 aliphatic heterocycles. The van der Waals surface area contributed by atoms with Crippen LogP contribution in [0.4, 0.5) is 0 Å². The van der Waals surface area contributed by atoms with Gasteiger partial charge in [-0.1, -0.05) is 373 Å². The Bertz CT molecular complexity index is 1250. The molecule has 0 N–H and O–H groups in total. The van der Waals surface area contributed by atoms with Gasteiger partial charge in [0.15, 0.2) is 6.10 Å². The predicted molar refractivity (Wildman–Crippen MR) is 349 cm³/mol. The zero-order chi connectivity index (χ0) is 57.8. The first kappa shape index (κ1) is 78.1. The maximum atomic E-state index is 13.0. The fourth-order valence-electron chi connectivity index (χ4n) is 11.5. The van der Waals surface area contributed by atoms with Gasteiger partial charge in [-0.2, -0.15) is 0 Å². The molecule has 0 aromatic rings. The molecule has 0 rings (SSSR count). The molecule has 0 radical (unpaired) electrons. The number of unbranched alkanes of at least 4 members (excludes halogenated alkanes) is 56. The van der Waals surface area contributed by atoms with Crippen LogP contribution in [0.15, 0.2) is 12.2 Å². The third kappa shape index (κ3) is 66.9. The standard InChI is InChI=1S/C74H142O6/c1-4-7-10-13-16-19-22-25-28-31-34-36-37-38-41-43-46-49-52-55-58-61-64-67-73(76)79-70-71(69-78-72(75)66-63-60-57-54-51-48-45-42-39-33-30-27-24-21-18-15-12-9-6-3)80-74(77)68-65-62-59-56-53-50-47-44-40-35-32-29-26-23-20-17-14-11-8-5-2/h27,30,71H,4-26,28-29,31-70H2,1-3H3/b30-27-. The van der Waals surface area contributed by atoms with E-state index in [2.05, 4.69) is 32.9 Å². The second-order valence-corrected chi connectivity index (χ2v) is 25.2. The topological polar surface area (TPSA) is 78.9 Å². The van der Waals surface area contributed by atoms with Crippen LogP contribution in [-0.4, -0.2) is 37.2 Å². The van der Waals surface area contributed by atoms with Gasteiger partial charge in [-0.3, -0.25) is 14.4 Å². The van der Waals surface area contributed by atoms with Crippen LogP contribution >= 0.6 is 0 Å². The van der Waals surface area contributed by atoms with Gasteiger partial charge in [0, 0.05) is 19.3 Å². The van der Waals surface area contributed by atoms with Crippen LogP contribution in [0.1, 0.15) is 425 Å². The summed E-state index contributed by atoms with van der Waals surface area (Å²) in [6.45, 7) is 6.74. The minimum atomic E-state index is -0.768. The van der Waals surface area contributed by atoms with Crippen molar-refractivity contribution in [2.45, 2.75) is 431 Å². The molecule has 0 saturated carbocycles. The smallest absolute Gasteiger partial charge is 0.306 e. The van der Waals surface area contributed by atoms with Crippen molar-refractivity contribution in [2.75, 3.05) is 13.2 Å². The fraction of sp³-hybridized carbons (Fsp3) is 0.932. The van der Waals surface area contributed by atoms with Gasteiger partial charge < -0.3 is 14.2 Å². The molecule has 474 valence electrons. The molecule has 0 bridgehead atoms. The van der Waals surface area contributed by atoms with Gasteiger partial charge in [-0.05, 0) is 44.9 Å². The van der Waals surface area contributed by atoms with Crippen LogP contribution in [0.2, 0.25) is 0 Å². The lowest BCUT2D eigenvalue weighted by molar-refractivity contribution is -0.167. The van der Waals surface area contributed by atoms with Gasteiger partial charge >= 0.3 is 17.9 Å². The van der Waals surface area contributed by atoms with Crippen molar-refractivity contribution in [3.05, 3.63) is 12.2 Å². The van der Waals surface area contributed by atoms with E-state index in [0.717, 1.165) is 57.8 Å². The summed E-state index contributed by atoms with van der Waals surface area (Å²) < 4.78 is 17.0. The maximum Gasteiger partial charge on any atom is 0.306 e. The third-order valence-corrected chi connectivity index (χ3v) is 17.0. The van der Waals surface area contributed by atoms with Crippen LogP contribution in [0, 0.1) is 0 Å². The first-order chi connectivity index (χ1) is 39.5. The van der Waals surface area contributed by atoms with Crippen molar-refractivity contribution >= 4 is 17.9 Å². The summed E-state index contributed by atoms with van der Waals surface area (Å²) in [6, 6.07) is 0. The summed E-state index contributed by atoms with van der Waals surface area (Å²) in [5, 5.41) is 0. The summed E-state index contributed by atoms with van der Waals surface area (Å²) in [6.07, 6.45) is 83.9. The number of carbonyl (C=O) groups excluding carboxylic acids is 3. The highest BCUT2D eigenvalue weighted by Crippen LogP contribution is 2.19. The number of ether oxygens (including phenoxy) is 3. The van der Waals surface area contributed by atoms with E-state index in [1.165, 1.54) is 327 Å². The molecule has 0 heterocycles. The van der Waals surface area contributed by atoms with Gasteiger partial charge in [-0.25, -0.2) is 0 Å². The van der Waals surface area contributed by atoms with Gasteiger partial charge in [0.1, 0.15) is 13.2 Å². The molecule has 0 aliphatic rings. The molecule has 6 heteroatoms. The number of hydrogen-bond acceptors (Lipinski definition) is 6. The average Bonchev–Trinajstić information content (AvgIpc) is 3.46. The zero-order valence-corrected chi connectivity index (χ0v) is 54.6. The molecule has 0 aliphatic carbocycles. The Hall–Kier alpha value is -1.85. The highest BCUT2D eigenvalue weighted by molar-refractivity contribution is 5.71. The van der Waals surface area contributed by atoms with E-state index in [1.54, 1.807) is 0 Å². The predicted octanol–water partition coefficient (Wildman–Crippen LogP) is 25.2. The Labute approximate surface area is 501 Å². The van der Waals surface area contributed by atoms with Gasteiger partial charge in [0.25, 0.3) is 0 Å². The Morgan fingerprint density at radius 2 is 0.412 bits per heavy atom. The quantitative estimate of drug-likeness (QED) is 0.0261. The van der Waals surface area contributed by atoms with E-state index < -0.39 is 6.10 Å². The van der Waals surface area contributed by atoms with Crippen LogP contribution in [0.3, 0.4) is 0 Å². The lowest BCUT2D eigenvalue weighted by Gasteiger charge is -2.18. The van der Waals surface area contributed by atoms with E-state index in [4.69, 9.17) is 14.2 Å². The van der Waals surface area contributed by atoms with E-state index in [-0.39, 0.29) is 31.1 Å². The lowest BCUT2D eigenvalue weighted by Crippen LogP contribution is -2.30. The molecule has 80 heavy (non-hydrogen) atoms. The number of carbonyl (C=O) groups is 3. The summed E-state index contributed by atoms with van der Waals surface area (Å²) in [4.78, 5) is 38.5. The van der Waals surface area contributed by atoms with Crippen molar-refractivity contribution in [1.29, 1.82) is 0 Å². The van der Waals surface area contributed by atoms with Crippen LogP contribution in [0.5, 0.6) is 0 Å². The van der Waals surface area contributed by atoms with Crippen molar-refractivity contribution in [3.63, 3.8) is 0 Å². The molecule has 0 saturated heterocycles. The van der Waals surface area contributed by atoms with E-state index in [0.29, 0.717) is 19.3 Å². The van der Waals surface area contributed by atoms with Crippen LogP contribution < -0.4 is 0 Å². The molecular formula is C74H142O6. The third-order valence-electron chi connectivity index (χ3n) is 17.0. The van der Waals surface area contributed by atoms with Gasteiger partial charge in [0.2, 0.25) is 0 Å². The minimum Gasteiger partial charge on any atom is -0.462 e. The molecule has 0 amide bonds. The molecule has 0 aromatic carbocycles. The molecule has 0 fully saturated rings. The van der Waals surface area contributed by atoms with E-state index >= 15 is 0 Å². The van der Waals surface area contributed by atoms with E-state index in [1.807, 2.05) is 0 Å². The number of esters is 3. The molecule has 0 spiro atoms. The first-order valence-electron chi connectivity index (χ1n) is 36.7. The molecule has 1 unspecified atom stereocenters. The molecule has 0 aromatic heterocycles. The van der Waals surface area contributed by atoms with Crippen molar-refractivity contribution < 1.29 is 28.6 Å². The number of allylic oxidation sites excluding steroid dienone is 2.